The normalized spacial score (nSPS) is 27.1. The van der Waals surface area contributed by atoms with Gasteiger partial charge in [0.25, 0.3) is 5.91 Å². The summed E-state index contributed by atoms with van der Waals surface area (Å²) >= 11 is 12.6. The summed E-state index contributed by atoms with van der Waals surface area (Å²) in [7, 11) is 0. The fourth-order valence-corrected chi connectivity index (χ4v) is 5.82. The van der Waals surface area contributed by atoms with Crippen LogP contribution in [0, 0.1) is 23.8 Å². The molecule has 1 amide bonds. The van der Waals surface area contributed by atoms with Crippen molar-refractivity contribution < 1.29 is 25.9 Å². The SMILES string of the molecule is CC1C(C(=O)N2CC3CCCC3C2)=NN(c2ccc(Cl)cc2Cl)C1c1cc[c-]cc1.[W]. The molecule has 2 heterocycles. The van der Waals surface area contributed by atoms with Gasteiger partial charge in [0.2, 0.25) is 0 Å². The molecule has 0 N–H and O–H groups in total. The van der Waals surface area contributed by atoms with Crippen molar-refractivity contribution in [1.82, 2.24) is 4.90 Å². The zero-order chi connectivity index (χ0) is 20.8. The topological polar surface area (TPSA) is 35.9 Å². The Labute approximate surface area is 207 Å². The predicted octanol–water partition coefficient (Wildman–Crippen LogP) is 5.60. The third kappa shape index (κ3) is 4.19. The number of fused-ring (bicyclic) bond motifs is 1. The molecule has 31 heavy (non-hydrogen) atoms. The van der Waals surface area contributed by atoms with Gasteiger partial charge in [-0.25, -0.2) is 0 Å². The van der Waals surface area contributed by atoms with Crippen LogP contribution < -0.4 is 5.01 Å². The van der Waals surface area contributed by atoms with Crippen molar-refractivity contribution in [3.05, 3.63) is 64.1 Å². The first-order valence-corrected chi connectivity index (χ1v) is 11.4. The molecule has 2 aliphatic heterocycles. The minimum Gasteiger partial charge on any atom is -0.337 e. The van der Waals surface area contributed by atoms with E-state index in [0.717, 1.165) is 24.3 Å². The number of hydrazone groups is 1. The van der Waals surface area contributed by atoms with Crippen LogP contribution in [0.1, 0.15) is 37.8 Å². The van der Waals surface area contributed by atoms with E-state index in [1.165, 1.54) is 19.3 Å². The average Bonchev–Trinajstić information content (AvgIpc) is 3.42. The van der Waals surface area contributed by atoms with Gasteiger partial charge in [0.1, 0.15) is 5.71 Å². The molecule has 7 heteroatoms. The second kappa shape index (κ2) is 9.25. The molecular weight excluding hydrogens is 601 g/mol. The minimum absolute atomic E-state index is 0. The quantitative estimate of drug-likeness (QED) is 0.417. The molecule has 0 spiro atoms. The Morgan fingerprint density at radius 1 is 1.10 bits per heavy atom. The van der Waals surface area contributed by atoms with Gasteiger partial charge >= 0.3 is 0 Å². The minimum atomic E-state index is -0.112. The maximum absolute atomic E-state index is 13.5. The van der Waals surface area contributed by atoms with E-state index in [9.17, 15) is 4.79 Å². The van der Waals surface area contributed by atoms with E-state index >= 15 is 0 Å². The molecule has 1 aliphatic carbocycles. The van der Waals surface area contributed by atoms with E-state index in [1.54, 1.807) is 12.1 Å². The van der Waals surface area contributed by atoms with Crippen molar-refractivity contribution in [3.63, 3.8) is 0 Å². The van der Waals surface area contributed by atoms with Crippen molar-refractivity contribution in [2.75, 3.05) is 18.1 Å². The number of carbonyl (C=O) groups is 1. The Morgan fingerprint density at radius 2 is 1.77 bits per heavy atom. The smallest absolute Gasteiger partial charge is 0.270 e. The summed E-state index contributed by atoms with van der Waals surface area (Å²) in [4.78, 5) is 15.5. The van der Waals surface area contributed by atoms with Gasteiger partial charge in [-0.1, -0.05) is 36.5 Å². The number of rotatable bonds is 3. The Morgan fingerprint density at radius 3 is 2.42 bits per heavy atom. The van der Waals surface area contributed by atoms with E-state index in [0.29, 0.717) is 27.6 Å². The number of halogens is 2. The van der Waals surface area contributed by atoms with Crippen LogP contribution in [0.2, 0.25) is 10.0 Å². The van der Waals surface area contributed by atoms with E-state index in [2.05, 4.69) is 13.0 Å². The van der Waals surface area contributed by atoms with Crippen molar-refractivity contribution in [1.29, 1.82) is 0 Å². The van der Waals surface area contributed by atoms with E-state index in [-0.39, 0.29) is 38.9 Å². The standard InChI is InChI=1S/C24H24Cl2N3O.W/c1-15-22(24(30)28-13-17-8-5-9-18(17)14-28)27-29(21-11-10-19(25)12-20(21)26)23(15)16-6-3-2-4-7-16;/h3-4,6-7,10-12,15,17-18,23H,5,8-9,13-14H2,1H3;/q-1;. The summed E-state index contributed by atoms with van der Waals surface area (Å²) < 4.78 is 0. The van der Waals surface area contributed by atoms with Crippen LogP contribution in [0.4, 0.5) is 5.69 Å². The number of hydrogen-bond donors (Lipinski definition) is 0. The first-order chi connectivity index (χ1) is 14.5. The van der Waals surface area contributed by atoms with Crippen molar-refractivity contribution in [3.8, 4) is 0 Å². The molecular formula is C24H24Cl2N3OW-. The molecule has 2 aromatic rings. The maximum atomic E-state index is 13.5. The number of likely N-dealkylation sites (tertiary alicyclic amines) is 1. The molecule has 4 unspecified atom stereocenters. The summed E-state index contributed by atoms with van der Waals surface area (Å²) in [5.41, 5.74) is 2.45. The van der Waals surface area contributed by atoms with Crippen LogP contribution in [-0.2, 0) is 25.9 Å². The summed E-state index contributed by atoms with van der Waals surface area (Å²) in [6.07, 6.45) is 3.78. The average molecular weight is 625 g/mol. The first kappa shape index (κ1) is 22.8. The first-order valence-electron chi connectivity index (χ1n) is 10.6. The number of benzene rings is 2. The van der Waals surface area contributed by atoms with E-state index in [4.69, 9.17) is 28.3 Å². The zero-order valence-electron chi connectivity index (χ0n) is 17.3. The molecule has 0 aromatic heterocycles. The molecule has 162 valence electrons. The largest absolute Gasteiger partial charge is 0.337 e. The van der Waals surface area contributed by atoms with Gasteiger partial charge in [-0.15, -0.1) is 5.56 Å². The van der Waals surface area contributed by atoms with Gasteiger partial charge in [0, 0.05) is 45.1 Å². The van der Waals surface area contributed by atoms with Crippen LogP contribution in [0.15, 0.2) is 47.6 Å². The zero-order valence-corrected chi connectivity index (χ0v) is 21.7. The molecule has 1 saturated carbocycles. The number of hydrogen-bond acceptors (Lipinski definition) is 3. The molecule has 5 rings (SSSR count). The number of nitrogens with zero attached hydrogens (tertiary/aromatic N) is 3. The maximum Gasteiger partial charge on any atom is 0.270 e. The van der Waals surface area contributed by atoms with Gasteiger partial charge < -0.3 is 4.90 Å². The predicted molar refractivity (Wildman–Crippen MR) is 121 cm³/mol. The molecule has 3 aliphatic rings. The number of carbonyl (C=O) groups excluding carboxylic acids is 1. The fourth-order valence-electron chi connectivity index (χ4n) is 5.33. The molecule has 1 saturated heterocycles. The van der Waals surface area contributed by atoms with Gasteiger partial charge in [-0.2, -0.15) is 35.4 Å². The Hall–Kier alpha value is -1.35. The van der Waals surface area contributed by atoms with Gasteiger partial charge in [0.15, 0.2) is 0 Å². The third-order valence-electron chi connectivity index (χ3n) is 6.86. The van der Waals surface area contributed by atoms with Crippen molar-refractivity contribution in [2.24, 2.45) is 22.9 Å². The van der Waals surface area contributed by atoms with Crippen LogP contribution in [0.5, 0.6) is 0 Å². The molecule has 0 bridgehead atoms. The molecule has 2 fully saturated rings. The molecule has 4 atom stereocenters. The van der Waals surface area contributed by atoms with E-state index in [1.807, 2.05) is 40.2 Å². The summed E-state index contributed by atoms with van der Waals surface area (Å²) in [6, 6.07) is 16.2. The Balaban J connectivity index is 0.00000231. The van der Waals surface area contributed by atoms with Crippen LogP contribution in [0.25, 0.3) is 0 Å². The summed E-state index contributed by atoms with van der Waals surface area (Å²) in [5.74, 6) is 1.33. The van der Waals surface area contributed by atoms with Gasteiger partial charge in [-0.05, 0) is 42.9 Å². The molecule has 2 aromatic carbocycles. The van der Waals surface area contributed by atoms with Crippen LogP contribution in [-0.4, -0.2) is 29.6 Å². The van der Waals surface area contributed by atoms with Crippen molar-refractivity contribution >= 4 is 40.5 Å². The molecule has 4 nitrogen and oxygen atoms in total. The van der Waals surface area contributed by atoms with Crippen LogP contribution >= 0.6 is 23.2 Å². The van der Waals surface area contributed by atoms with E-state index < -0.39 is 0 Å². The molecule has 0 radical (unpaired) electrons. The van der Waals surface area contributed by atoms with Gasteiger partial charge in [0.05, 0.1) is 16.8 Å². The van der Waals surface area contributed by atoms with Crippen molar-refractivity contribution in [2.45, 2.75) is 32.2 Å². The Kier molecular flexibility index (Phi) is 6.81. The second-order valence-corrected chi connectivity index (χ2v) is 9.50. The number of amides is 1. The third-order valence-corrected chi connectivity index (χ3v) is 7.40. The van der Waals surface area contributed by atoms with Crippen LogP contribution in [0.3, 0.4) is 0 Å². The Bertz CT molecular complexity index is 988. The monoisotopic (exact) mass is 624 g/mol. The second-order valence-electron chi connectivity index (χ2n) is 8.65. The summed E-state index contributed by atoms with van der Waals surface area (Å²) in [5, 5.41) is 7.84. The fraction of sp³-hybridized carbons (Fsp3) is 0.417. The summed E-state index contributed by atoms with van der Waals surface area (Å²) in [6.45, 7) is 3.81. The van der Waals surface area contributed by atoms with Gasteiger partial charge in [-0.3, -0.25) is 9.80 Å². The number of anilines is 1.